The van der Waals surface area contributed by atoms with Gasteiger partial charge >= 0.3 is 6.36 Å². The Balaban J connectivity index is 2.95. The van der Waals surface area contributed by atoms with Gasteiger partial charge in [0, 0.05) is 5.56 Å². The van der Waals surface area contributed by atoms with E-state index in [4.69, 9.17) is 11.5 Å². The average Bonchev–Trinajstić information content (AvgIpc) is 2.20. The molecule has 0 amide bonds. The van der Waals surface area contributed by atoms with Gasteiger partial charge in [0.05, 0.1) is 6.21 Å². The fourth-order valence-corrected chi connectivity index (χ4v) is 0.976. The zero-order valence-corrected chi connectivity index (χ0v) is 8.78. The molecule has 98 valence electrons. The molecular formula is C9H8F4N4O. The second-order valence-corrected chi connectivity index (χ2v) is 3.00. The van der Waals surface area contributed by atoms with Gasteiger partial charge in [-0.3, -0.25) is 0 Å². The number of benzene rings is 1. The Bertz CT molecular complexity index is 480. The number of nitrogens with two attached hydrogens (primary N) is 2. The van der Waals surface area contributed by atoms with Crippen molar-refractivity contribution in [1.82, 2.24) is 0 Å². The summed E-state index contributed by atoms with van der Waals surface area (Å²) in [6, 6.07) is 2.45. The van der Waals surface area contributed by atoms with Crippen LogP contribution in [0.1, 0.15) is 5.56 Å². The number of guanidine groups is 1. The summed E-state index contributed by atoms with van der Waals surface area (Å²) in [4.78, 5) is 0. The van der Waals surface area contributed by atoms with Crippen molar-refractivity contribution in [3.8, 4) is 5.75 Å². The Kier molecular flexibility index (Phi) is 4.08. The zero-order chi connectivity index (χ0) is 13.8. The molecule has 9 heteroatoms. The van der Waals surface area contributed by atoms with Gasteiger partial charge < -0.3 is 16.2 Å². The number of nitrogens with zero attached hydrogens (tertiary/aromatic N) is 2. The molecule has 1 aromatic carbocycles. The number of halogens is 4. The van der Waals surface area contributed by atoms with Gasteiger partial charge in [0.2, 0.25) is 5.96 Å². The maximum Gasteiger partial charge on any atom is 0.573 e. The van der Waals surface area contributed by atoms with Crippen LogP contribution >= 0.6 is 0 Å². The number of rotatable bonds is 3. The van der Waals surface area contributed by atoms with Gasteiger partial charge in [-0.15, -0.1) is 18.3 Å². The molecule has 0 bridgehead atoms. The minimum absolute atomic E-state index is 0.248. The minimum Gasteiger partial charge on any atom is -0.406 e. The number of alkyl halides is 3. The normalized spacial score (nSPS) is 11.6. The van der Waals surface area contributed by atoms with E-state index in [1.54, 1.807) is 0 Å². The van der Waals surface area contributed by atoms with Crippen molar-refractivity contribution >= 4 is 12.2 Å². The fraction of sp³-hybridized carbons (Fsp3) is 0.111. The van der Waals surface area contributed by atoms with Gasteiger partial charge in [0.15, 0.2) is 0 Å². The van der Waals surface area contributed by atoms with Crippen LogP contribution in [0.3, 0.4) is 0 Å². The largest absolute Gasteiger partial charge is 0.573 e. The van der Waals surface area contributed by atoms with Gasteiger partial charge in [0.25, 0.3) is 0 Å². The maximum atomic E-state index is 13.2. The van der Waals surface area contributed by atoms with Gasteiger partial charge in [-0.1, -0.05) is 0 Å². The molecule has 0 saturated carbocycles. The van der Waals surface area contributed by atoms with E-state index in [1.807, 2.05) is 0 Å². The third-order valence-corrected chi connectivity index (χ3v) is 1.57. The van der Waals surface area contributed by atoms with Gasteiger partial charge in [-0.05, 0) is 18.2 Å². The Morgan fingerprint density at radius 3 is 2.50 bits per heavy atom. The zero-order valence-electron chi connectivity index (χ0n) is 8.78. The van der Waals surface area contributed by atoms with E-state index >= 15 is 0 Å². The predicted octanol–water partition coefficient (Wildman–Crippen LogP) is 1.33. The van der Waals surface area contributed by atoms with Crippen molar-refractivity contribution in [1.29, 1.82) is 0 Å². The van der Waals surface area contributed by atoms with Gasteiger partial charge in [0.1, 0.15) is 11.6 Å². The van der Waals surface area contributed by atoms with Crippen LogP contribution in [0.2, 0.25) is 0 Å². The molecule has 0 atom stereocenters. The average molecular weight is 264 g/mol. The van der Waals surface area contributed by atoms with E-state index in [1.165, 1.54) is 0 Å². The van der Waals surface area contributed by atoms with Crippen molar-refractivity contribution in [2.24, 2.45) is 21.7 Å². The van der Waals surface area contributed by atoms with E-state index in [0.717, 1.165) is 24.4 Å². The van der Waals surface area contributed by atoms with Crippen LogP contribution in [0.4, 0.5) is 17.6 Å². The summed E-state index contributed by atoms with van der Waals surface area (Å²) >= 11 is 0. The Hall–Kier alpha value is -2.32. The first-order valence-electron chi connectivity index (χ1n) is 4.45. The molecule has 0 heterocycles. The summed E-state index contributed by atoms with van der Waals surface area (Å²) in [6.07, 6.45) is -4.00. The molecule has 4 N–H and O–H groups in total. The highest BCUT2D eigenvalue weighted by atomic mass is 19.4. The first-order valence-corrected chi connectivity index (χ1v) is 4.45. The minimum atomic E-state index is -4.86. The lowest BCUT2D eigenvalue weighted by Gasteiger charge is -2.09. The quantitative estimate of drug-likeness (QED) is 0.374. The Labute approximate surface area is 98.7 Å². The molecule has 0 fully saturated rings. The van der Waals surface area contributed by atoms with Crippen LogP contribution in [0, 0.1) is 5.82 Å². The van der Waals surface area contributed by atoms with Crippen LogP contribution < -0.4 is 16.2 Å². The van der Waals surface area contributed by atoms with Crippen LogP contribution in [0.15, 0.2) is 28.4 Å². The number of hydrogen-bond acceptors (Lipinski definition) is 3. The summed E-state index contributed by atoms with van der Waals surface area (Å²) < 4.78 is 52.6. The molecule has 0 spiro atoms. The fourth-order valence-electron chi connectivity index (χ4n) is 0.976. The van der Waals surface area contributed by atoms with Crippen LogP contribution in [0.5, 0.6) is 5.75 Å². The first-order chi connectivity index (χ1) is 8.28. The van der Waals surface area contributed by atoms with Gasteiger partial charge in [-0.25, -0.2) is 4.39 Å². The van der Waals surface area contributed by atoms with E-state index in [9.17, 15) is 17.6 Å². The van der Waals surface area contributed by atoms with E-state index in [-0.39, 0.29) is 11.5 Å². The van der Waals surface area contributed by atoms with Crippen molar-refractivity contribution in [2.75, 3.05) is 0 Å². The second kappa shape index (κ2) is 5.34. The highest BCUT2D eigenvalue weighted by Crippen LogP contribution is 2.24. The van der Waals surface area contributed by atoms with Crippen LogP contribution in [0.25, 0.3) is 0 Å². The molecule has 1 rings (SSSR count). The molecule has 5 nitrogen and oxygen atoms in total. The maximum absolute atomic E-state index is 13.2. The molecule has 0 aliphatic carbocycles. The summed E-state index contributed by atoms with van der Waals surface area (Å²) in [7, 11) is 0. The molecule has 0 unspecified atom stereocenters. The van der Waals surface area contributed by atoms with Crippen LogP contribution in [-0.4, -0.2) is 18.5 Å². The van der Waals surface area contributed by atoms with Crippen LogP contribution in [-0.2, 0) is 0 Å². The monoisotopic (exact) mass is 264 g/mol. The summed E-state index contributed by atoms with van der Waals surface area (Å²) in [5.41, 5.74) is 9.66. The molecule has 0 radical (unpaired) electrons. The summed E-state index contributed by atoms with van der Waals surface area (Å²) in [6.45, 7) is 0. The molecule has 0 aliphatic rings. The summed E-state index contributed by atoms with van der Waals surface area (Å²) in [5, 5.41) is 6.45. The first kappa shape index (κ1) is 13.7. The SMILES string of the molecule is NC(N)=NN=Cc1cc(OC(F)(F)F)ccc1F. The van der Waals surface area contributed by atoms with E-state index in [2.05, 4.69) is 14.9 Å². The number of hydrogen-bond donors (Lipinski definition) is 2. The summed E-state index contributed by atoms with van der Waals surface area (Å²) in [5.74, 6) is -1.73. The molecule has 18 heavy (non-hydrogen) atoms. The van der Waals surface area contributed by atoms with Crippen molar-refractivity contribution < 1.29 is 22.3 Å². The Morgan fingerprint density at radius 2 is 1.94 bits per heavy atom. The van der Waals surface area contributed by atoms with Gasteiger partial charge in [-0.2, -0.15) is 5.10 Å². The number of ether oxygens (including phenoxy) is 1. The standard InChI is InChI=1S/C9H8F4N4O/c10-7-2-1-6(18-9(11,12)13)3-5(7)4-16-17-8(14)15/h1-4H,(H4,14,15,17). The van der Waals surface area contributed by atoms with Crippen molar-refractivity contribution in [2.45, 2.75) is 6.36 Å². The van der Waals surface area contributed by atoms with Crippen molar-refractivity contribution in [3.63, 3.8) is 0 Å². The Morgan fingerprint density at radius 1 is 1.28 bits per heavy atom. The highest BCUT2D eigenvalue weighted by Gasteiger charge is 2.31. The third-order valence-electron chi connectivity index (χ3n) is 1.57. The molecule has 0 aromatic heterocycles. The molecule has 0 saturated heterocycles. The lowest BCUT2D eigenvalue weighted by Crippen LogP contribution is -2.21. The molecule has 0 aliphatic heterocycles. The topological polar surface area (TPSA) is 86.0 Å². The lowest BCUT2D eigenvalue weighted by molar-refractivity contribution is -0.274. The lowest BCUT2D eigenvalue weighted by atomic mass is 10.2. The second-order valence-electron chi connectivity index (χ2n) is 3.00. The van der Waals surface area contributed by atoms with E-state index in [0.29, 0.717) is 0 Å². The highest BCUT2D eigenvalue weighted by molar-refractivity contribution is 5.82. The molecule has 1 aromatic rings. The molecular weight excluding hydrogens is 256 g/mol. The smallest absolute Gasteiger partial charge is 0.406 e. The van der Waals surface area contributed by atoms with Crippen molar-refractivity contribution in [3.05, 3.63) is 29.6 Å². The van der Waals surface area contributed by atoms with E-state index < -0.39 is 17.9 Å². The third kappa shape index (κ3) is 4.68. The predicted molar refractivity (Wildman–Crippen MR) is 56.5 cm³/mol.